The van der Waals surface area contributed by atoms with Gasteiger partial charge in [0.2, 0.25) is 0 Å². The SMILES string of the molecule is COc1ccc(Cl)cc1CC(NN)c1ccccc1OC. The van der Waals surface area contributed by atoms with Crippen molar-refractivity contribution in [3.05, 3.63) is 58.6 Å². The summed E-state index contributed by atoms with van der Waals surface area (Å²) in [5.74, 6) is 7.31. The summed E-state index contributed by atoms with van der Waals surface area (Å²) >= 11 is 6.07. The van der Waals surface area contributed by atoms with Crippen LogP contribution in [0.3, 0.4) is 0 Å². The van der Waals surface area contributed by atoms with Crippen LogP contribution >= 0.6 is 11.6 Å². The Bertz CT molecular complexity index is 605. The molecule has 1 unspecified atom stereocenters. The normalized spacial score (nSPS) is 12.0. The molecule has 4 nitrogen and oxygen atoms in total. The first-order valence-corrected chi connectivity index (χ1v) is 6.98. The summed E-state index contributed by atoms with van der Waals surface area (Å²) in [7, 11) is 3.28. The molecule has 112 valence electrons. The van der Waals surface area contributed by atoms with E-state index in [1.165, 1.54) is 0 Å². The van der Waals surface area contributed by atoms with Crippen molar-refractivity contribution >= 4 is 11.6 Å². The number of hydrogen-bond acceptors (Lipinski definition) is 4. The summed E-state index contributed by atoms with van der Waals surface area (Å²) < 4.78 is 10.8. The highest BCUT2D eigenvalue weighted by atomic mass is 35.5. The molecule has 0 amide bonds. The number of hydrogen-bond donors (Lipinski definition) is 2. The van der Waals surface area contributed by atoms with Gasteiger partial charge in [-0.25, -0.2) is 0 Å². The number of benzene rings is 2. The van der Waals surface area contributed by atoms with Crippen LogP contribution in [-0.4, -0.2) is 14.2 Å². The van der Waals surface area contributed by atoms with Gasteiger partial charge < -0.3 is 9.47 Å². The third-order valence-corrected chi connectivity index (χ3v) is 3.62. The Labute approximate surface area is 129 Å². The lowest BCUT2D eigenvalue weighted by molar-refractivity contribution is 0.393. The smallest absolute Gasteiger partial charge is 0.123 e. The quantitative estimate of drug-likeness (QED) is 0.636. The number of nitrogens with two attached hydrogens (primary N) is 1. The molecular formula is C16H19ClN2O2. The number of rotatable bonds is 6. The maximum Gasteiger partial charge on any atom is 0.123 e. The molecule has 0 saturated carbocycles. The molecule has 0 fully saturated rings. The molecule has 21 heavy (non-hydrogen) atoms. The third kappa shape index (κ3) is 3.67. The van der Waals surface area contributed by atoms with Crippen molar-refractivity contribution in [1.82, 2.24) is 5.43 Å². The summed E-state index contributed by atoms with van der Waals surface area (Å²) in [5.41, 5.74) is 4.81. The average molecular weight is 307 g/mol. The number of nitrogens with one attached hydrogen (secondary N) is 1. The van der Waals surface area contributed by atoms with E-state index in [2.05, 4.69) is 5.43 Å². The Morgan fingerprint density at radius 2 is 1.81 bits per heavy atom. The summed E-state index contributed by atoms with van der Waals surface area (Å²) in [6.07, 6.45) is 0.639. The number of ether oxygens (including phenoxy) is 2. The Balaban J connectivity index is 2.33. The Morgan fingerprint density at radius 3 is 2.48 bits per heavy atom. The van der Waals surface area contributed by atoms with E-state index in [9.17, 15) is 0 Å². The number of methoxy groups -OCH3 is 2. The fourth-order valence-corrected chi connectivity index (χ4v) is 2.53. The van der Waals surface area contributed by atoms with Crippen LogP contribution in [0, 0.1) is 0 Å². The minimum atomic E-state index is -0.103. The van der Waals surface area contributed by atoms with Crippen LogP contribution < -0.4 is 20.7 Å². The predicted octanol–water partition coefficient (Wildman–Crippen LogP) is 3.10. The molecule has 0 saturated heterocycles. The predicted molar refractivity (Wildman–Crippen MR) is 84.8 cm³/mol. The first kappa shape index (κ1) is 15.6. The van der Waals surface area contributed by atoms with Gasteiger partial charge in [-0.05, 0) is 36.2 Å². The van der Waals surface area contributed by atoms with Gasteiger partial charge in [-0.2, -0.15) is 0 Å². The van der Waals surface area contributed by atoms with Gasteiger partial charge in [0.25, 0.3) is 0 Å². The standard InChI is InChI=1S/C16H19ClN2O2/c1-20-15-8-7-12(17)9-11(15)10-14(19-18)13-5-3-4-6-16(13)21-2/h3-9,14,19H,10,18H2,1-2H3. The van der Waals surface area contributed by atoms with Crippen molar-refractivity contribution in [2.24, 2.45) is 5.84 Å². The van der Waals surface area contributed by atoms with Crippen molar-refractivity contribution in [2.75, 3.05) is 14.2 Å². The van der Waals surface area contributed by atoms with Gasteiger partial charge in [0.1, 0.15) is 11.5 Å². The lowest BCUT2D eigenvalue weighted by atomic mass is 9.98. The van der Waals surface area contributed by atoms with Crippen LogP contribution in [0.5, 0.6) is 11.5 Å². The zero-order chi connectivity index (χ0) is 15.2. The topological polar surface area (TPSA) is 56.5 Å². The summed E-state index contributed by atoms with van der Waals surface area (Å²) in [4.78, 5) is 0. The van der Waals surface area contributed by atoms with Gasteiger partial charge in [0, 0.05) is 10.6 Å². The van der Waals surface area contributed by atoms with Gasteiger partial charge >= 0.3 is 0 Å². The molecule has 5 heteroatoms. The molecule has 0 aromatic heterocycles. The van der Waals surface area contributed by atoms with Gasteiger partial charge in [0.05, 0.1) is 20.3 Å². The van der Waals surface area contributed by atoms with Crippen LogP contribution in [0.25, 0.3) is 0 Å². The second-order valence-corrected chi connectivity index (χ2v) is 5.06. The highest BCUT2D eigenvalue weighted by Crippen LogP contribution is 2.31. The van der Waals surface area contributed by atoms with Crippen LogP contribution in [0.2, 0.25) is 5.02 Å². The highest BCUT2D eigenvalue weighted by molar-refractivity contribution is 6.30. The molecule has 0 aliphatic carbocycles. The zero-order valence-electron chi connectivity index (χ0n) is 12.1. The molecule has 0 bridgehead atoms. The molecule has 0 radical (unpaired) electrons. The molecule has 3 N–H and O–H groups in total. The first-order valence-electron chi connectivity index (χ1n) is 6.61. The van der Waals surface area contributed by atoms with E-state index >= 15 is 0 Å². The minimum Gasteiger partial charge on any atom is -0.496 e. The van der Waals surface area contributed by atoms with Gasteiger partial charge in [-0.15, -0.1) is 0 Å². The number of halogens is 1. The highest BCUT2D eigenvalue weighted by Gasteiger charge is 2.17. The van der Waals surface area contributed by atoms with Crippen molar-refractivity contribution < 1.29 is 9.47 Å². The van der Waals surface area contributed by atoms with E-state index in [1.54, 1.807) is 20.3 Å². The fourth-order valence-electron chi connectivity index (χ4n) is 2.34. The van der Waals surface area contributed by atoms with E-state index in [-0.39, 0.29) is 6.04 Å². The van der Waals surface area contributed by atoms with Crippen LogP contribution in [0.15, 0.2) is 42.5 Å². The number of para-hydroxylation sites is 1. The molecule has 2 aromatic rings. The minimum absolute atomic E-state index is 0.103. The lowest BCUT2D eigenvalue weighted by Gasteiger charge is -2.20. The van der Waals surface area contributed by atoms with E-state index in [4.69, 9.17) is 26.9 Å². The molecule has 0 aliphatic rings. The van der Waals surface area contributed by atoms with Crippen LogP contribution in [-0.2, 0) is 6.42 Å². The molecule has 0 heterocycles. The average Bonchev–Trinajstić information content (AvgIpc) is 2.52. The van der Waals surface area contributed by atoms with Gasteiger partial charge in [-0.3, -0.25) is 11.3 Å². The lowest BCUT2D eigenvalue weighted by Crippen LogP contribution is -2.30. The van der Waals surface area contributed by atoms with Crippen molar-refractivity contribution in [3.63, 3.8) is 0 Å². The Kier molecular flexibility index (Phi) is 5.44. The van der Waals surface area contributed by atoms with E-state index < -0.39 is 0 Å². The van der Waals surface area contributed by atoms with Gasteiger partial charge in [-0.1, -0.05) is 29.8 Å². The van der Waals surface area contributed by atoms with E-state index in [0.717, 1.165) is 22.6 Å². The first-order chi connectivity index (χ1) is 10.2. The maximum atomic E-state index is 6.07. The summed E-state index contributed by atoms with van der Waals surface area (Å²) in [6.45, 7) is 0. The zero-order valence-corrected chi connectivity index (χ0v) is 12.9. The summed E-state index contributed by atoms with van der Waals surface area (Å²) in [5, 5.41) is 0.668. The second-order valence-electron chi connectivity index (χ2n) is 4.62. The molecule has 0 spiro atoms. The summed E-state index contributed by atoms with van der Waals surface area (Å²) in [6, 6.07) is 13.2. The largest absolute Gasteiger partial charge is 0.496 e. The Morgan fingerprint density at radius 1 is 1.10 bits per heavy atom. The number of hydrazine groups is 1. The van der Waals surface area contributed by atoms with Crippen LogP contribution in [0.1, 0.15) is 17.2 Å². The van der Waals surface area contributed by atoms with E-state index in [1.807, 2.05) is 36.4 Å². The van der Waals surface area contributed by atoms with Crippen molar-refractivity contribution in [3.8, 4) is 11.5 Å². The van der Waals surface area contributed by atoms with Crippen molar-refractivity contribution in [2.45, 2.75) is 12.5 Å². The molecular weight excluding hydrogens is 288 g/mol. The van der Waals surface area contributed by atoms with E-state index in [0.29, 0.717) is 11.4 Å². The molecule has 2 rings (SSSR count). The maximum absolute atomic E-state index is 6.07. The molecule has 1 atom stereocenters. The van der Waals surface area contributed by atoms with Crippen LogP contribution in [0.4, 0.5) is 0 Å². The Hall–Kier alpha value is -1.75. The molecule has 2 aromatic carbocycles. The molecule has 0 aliphatic heterocycles. The monoisotopic (exact) mass is 306 g/mol. The fraction of sp³-hybridized carbons (Fsp3) is 0.250. The second kappa shape index (κ2) is 7.31. The van der Waals surface area contributed by atoms with Crippen molar-refractivity contribution in [1.29, 1.82) is 0 Å². The van der Waals surface area contributed by atoms with Gasteiger partial charge in [0.15, 0.2) is 0 Å². The third-order valence-electron chi connectivity index (χ3n) is 3.38.